The van der Waals surface area contributed by atoms with E-state index in [1.54, 1.807) is 0 Å². The van der Waals surface area contributed by atoms with Crippen LogP contribution < -0.4 is 15.5 Å². The fourth-order valence-corrected chi connectivity index (χ4v) is 3.55. The van der Waals surface area contributed by atoms with Crippen LogP contribution in [-0.4, -0.2) is 47.5 Å². The van der Waals surface area contributed by atoms with Crippen LogP contribution >= 0.6 is 0 Å². The van der Waals surface area contributed by atoms with Crippen molar-refractivity contribution in [2.75, 3.05) is 42.9 Å². The maximum Gasteiger partial charge on any atom is 0.246 e. The first kappa shape index (κ1) is 11.5. The van der Waals surface area contributed by atoms with Crippen molar-refractivity contribution in [3.05, 3.63) is 0 Å². The molecule has 104 valence electrons. The summed E-state index contributed by atoms with van der Waals surface area (Å²) in [5, 5.41) is 11.7. The minimum Gasteiger partial charge on any atom is -0.354 e. The number of rotatable bonds is 1. The van der Waals surface area contributed by atoms with E-state index in [-0.39, 0.29) is 0 Å². The molecule has 0 bridgehead atoms. The van der Waals surface area contributed by atoms with E-state index < -0.39 is 0 Å². The number of aromatic nitrogens is 3. The van der Waals surface area contributed by atoms with Gasteiger partial charge in [-0.1, -0.05) is 0 Å². The molecule has 0 amide bonds. The monoisotopic (exact) mass is 262 g/mol. The third-order valence-corrected chi connectivity index (χ3v) is 4.66. The van der Waals surface area contributed by atoms with Gasteiger partial charge in [-0.05, 0) is 32.2 Å². The van der Waals surface area contributed by atoms with Crippen LogP contribution in [0.4, 0.5) is 11.9 Å². The average Bonchev–Trinajstić information content (AvgIpc) is 2.93. The Hall–Kier alpha value is -1.30. The van der Waals surface area contributed by atoms with Crippen molar-refractivity contribution in [2.45, 2.75) is 31.7 Å². The minimum absolute atomic E-state index is 0.531. The van der Waals surface area contributed by atoms with Crippen LogP contribution in [-0.2, 0) is 0 Å². The molecule has 2 atom stereocenters. The highest BCUT2D eigenvalue weighted by Gasteiger charge is 2.34. The van der Waals surface area contributed by atoms with Gasteiger partial charge < -0.3 is 15.5 Å². The molecule has 0 radical (unpaired) electrons. The number of hydrogen-bond acceptors (Lipinski definition) is 5. The molecular weight excluding hydrogens is 240 g/mol. The van der Waals surface area contributed by atoms with E-state index in [9.17, 15) is 0 Å². The average molecular weight is 262 g/mol. The SMILES string of the molecule is C1CCN(c2nc3n(n2)C2CCNCC2CN3)CC1. The summed E-state index contributed by atoms with van der Waals surface area (Å²) in [5.74, 6) is 2.56. The summed E-state index contributed by atoms with van der Waals surface area (Å²) in [7, 11) is 0. The van der Waals surface area contributed by atoms with Crippen LogP contribution in [0.15, 0.2) is 0 Å². The van der Waals surface area contributed by atoms with Crippen LogP contribution in [0.25, 0.3) is 0 Å². The Bertz CT molecular complexity index is 450. The molecule has 6 nitrogen and oxygen atoms in total. The summed E-state index contributed by atoms with van der Waals surface area (Å²) < 4.78 is 2.15. The summed E-state index contributed by atoms with van der Waals surface area (Å²) in [4.78, 5) is 7.05. The quantitative estimate of drug-likeness (QED) is 0.785. The highest BCUT2D eigenvalue weighted by atomic mass is 15.5. The number of fused-ring (bicyclic) bond motifs is 3. The van der Waals surface area contributed by atoms with Crippen LogP contribution in [0.1, 0.15) is 31.7 Å². The first-order valence-corrected chi connectivity index (χ1v) is 7.58. The van der Waals surface area contributed by atoms with Crippen molar-refractivity contribution in [1.29, 1.82) is 0 Å². The molecule has 3 aliphatic heterocycles. The normalized spacial score (nSPS) is 30.4. The Kier molecular flexibility index (Phi) is 2.83. The molecule has 0 aromatic carbocycles. The van der Waals surface area contributed by atoms with Gasteiger partial charge in [-0.25, -0.2) is 4.68 Å². The number of nitrogens with one attached hydrogen (secondary N) is 2. The van der Waals surface area contributed by atoms with Gasteiger partial charge in [0.25, 0.3) is 0 Å². The van der Waals surface area contributed by atoms with Gasteiger partial charge in [0.15, 0.2) is 0 Å². The van der Waals surface area contributed by atoms with Gasteiger partial charge in [0.05, 0.1) is 6.04 Å². The Balaban J connectivity index is 1.61. The maximum absolute atomic E-state index is 4.80. The third-order valence-electron chi connectivity index (χ3n) is 4.66. The van der Waals surface area contributed by atoms with Gasteiger partial charge in [0.2, 0.25) is 11.9 Å². The third kappa shape index (κ3) is 1.98. The van der Waals surface area contributed by atoms with Crippen molar-refractivity contribution in [1.82, 2.24) is 20.1 Å². The zero-order valence-corrected chi connectivity index (χ0v) is 11.3. The highest BCUT2D eigenvalue weighted by molar-refractivity contribution is 5.40. The zero-order valence-electron chi connectivity index (χ0n) is 11.3. The first-order valence-electron chi connectivity index (χ1n) is 7.58. The summed E-state index contributed by atoms with van der Waals surface area (Å²) in [6.07, 6.45) is 5.06. The molecule has 0 spiro atoms. The molecule has 1 aromatic heterocycles. The molecule has 4 rings (SSSR count). The lowest BCUT2D eigenvalue weighted by Crippen LogP contribution is -2.44. The lowest BCUT2D eigenvalue weighted by Gasteiger charge is -2.36. The number of nitrogens with zero attached hydrogens (tertiary/aromatic N) is 4. The van der Waals surface area contributed by atoms with Crippen LogP contribution in [0.2, 0.25) is 0 Å². The summed E-state index contributed by atoms with van der Waals surface area (Å²) in [6, 6.07) is 0.531. The summed E-state index contributed by atoms with van der Waals surface area (Å²) >= 11 is 0. The summed E-state index contributed by atoms with van der Waals surface area (Å²) in [5.41, 5.74) is 0. The Morgan fingerprint density at radius 1 is 1.11 bits per heavy atom. The van der Waals surface area contributed by atoms with Crippen LogP contribution in [0.5, 0.6) is 0 Å². The second-order valence-corrected chi connectivity index (χ2v) is 5.93. The zero-order chi connectivity index (χ0) is 12.7. The number of hydrogen-bond donors (Lipinski definition) is 2. The van der Waals surface area contributed by atoms with E-state index >= 15 is 0 Å². The Labute approximate surface area is 113 Å². The molecule has 1 aromatic rings. The van der Waals surface area contributed by atoms with E-state index in [1.807, 2.05) is 0 Å². The molecule has 0 saturated carbocycles. The molecule has 2 saturated heterocycles. The minimum atomic E-state index is 0.531. The molecule has 2 fully saturated rings. The van der Waals surface area contributed by atoms with E-state index in [1.165, 1.54) is 25.7 Å². The molecule has 6 heteroatoms. The van der Waals surface area contributed by atoms with Crippen molar-refractivity contribution in [3.8, 4) is 0 Å². The van der Waals surface area contributed by atoms with Crippen molar-refractivity contribution < 1.29 is 0 Å². The number of anilines is 2. The van der Waals surface area contributed by atoms with E-state index in [0.29, 0.717) is 12.0 Å². The van der Waals surface area contributed by atoms with E-state index in [2.05, 4.69) is 20.2 Å². The smallest absolute Gasteiger partial charge is 0.246 e. The Morgan fingerprint density at radius 2 is 2.00 bits per heavy atom. The highest BCUT2D eigenvalue weighted by Crippen LogP contribution is 2.32. The predicted octanol–water partition coefficient (Wildman–Crippen LogP) is 0.844. The first-order chi connectivity index (χ1) is 9.42. The lowest BCUT2D eigenvalue weighted by molar-refractivity contribution is 0.237. The maximum atomic E-state index is 4.80. The molecule has 19 heavy (non-hydrogen) atoms. The van der Waals surface area contributed by atoms with Crippen molar-refractivity contribution >= 4 is 11.9 Å². The van der Waals surface area contributed by atoms with Crippen LogP contribution in [0.3, 0.4) is 0 Å². The molecule has 4 heterocycles. The lowest BCUT2D eigenvalue weighted by atomic mass is 9.92. The fourth-order valence-electron chi connectivity index (χ4n) is 3.55. The van der Waals surface area contributed by atoms with Gasteiger partial charge >= 0.3 is 0 Å². The largest absolute Gasteiger partial charge is 0.354 e. The predicted molar refractivity (Wildman–Crippen MR) is 74.6 cm³/mol. The number of piperidine rings is 2. The second-order valence-electron chi connectivity index (χ2n) is 5.93. The van der Waals surface area contributed by atoms with Gasteiger partial charge in [-0.15, -0.1) is 5.10 Å². The standard InChI is InChI=1S/C13H22N6/c1-2-6-18(7-3-1)13-16-12-15-9-10-8-14-5-4-11(10)19(12)17-13/h10-11,14H,1-9H2,(H,15,16,17). The molecule has 3 aliphatic rings. The molecular formula is C13H22N6. The van der Waals surface area contributed by atoms with Crippen molar-refractivity contribution in [3.63, 3.8) is 0 Å². The second kappa shape index (κ2) is 4.67. The molecule has 2 unspecified atom stereocenters. The van der Waals surface area contributed by atoms with Gasteiger partial charge in [0, 0.05) is 32.1 Å². The van der Waals surface area contributed by atoms with Gasteiger partial charge in [-0.2, -0.15) is 4.98 Å². The Morgan fingerprint density at radius 3 is 2.89 bits per heavy atom. The van der Waals surface area contributed by atoms with Gasteiger partial charge in [0.1, 0.15) is 0 Å². The fraction of sp³-hybridized carbons (Fsp3) is 0.846. The van der Waals surface area contributed by atoms with Crippen LogP contribution in [0, 0.1) is 5.92 Å². The topological polar surface area (TPSA) is 58.0 Å². The molecule has 2 N–H and O–H groups in total. The van der Waals surface area contributed by atoms with Crippen molar-refractivity contribution in [2.24, 2.45) is 5.92 Å². The van der Waals surface area contributed by atoms with E-state index in [4.69, 9.17) is 10.1 Å². The van der Waals surface area contributed by atoms with Gasteiger partial charge in [-0.3, -0.25) is 0 Å². The summed E-state index contributed by atoms with van der Waals surface area (Å²) in [6.45, 7) is 5.43. The molecule has 0 aliphatic carbocycles. The van der Waals surface area contributed by atoms with E-state index in [0.717, 1.165) is 44.6 Å².